The maximum absolute atomic E-state index is 12.8. The van der Waals surface area contributed by atoms with Crippen LogP contribution >= 0.6 is 0 Å². The van der Waals surface area contributed by atoms with E-state index in [9.17, 15) is 9.59 Å². The predicted molar refractivity (Wildman–Crippen MR) is 178 cm³/mol. The normalized spacial score (nSPS) is 11.7. The van der Waals surface area contributed by atoms with Gasteiger partial charge in [0.05, 0.1) is 11.1 Å². The molecule has 3 heterocycles. The Hall–Kier alpha value is -4.91. The summed E-state index contributed by atoms with van der Waals surface area (Å²) in [6.07, 6.45) is 9.26. The fourth-order valence-electron chi connectivity index (χ4n) is 5.27. The van der Waals surface area contributed by atoms with Gasteiger partial charge in [-0.2, -0.15) is 0 Å². The third-order valence-corrected chi connectivity index (χ3v) is 7.85. The summed E-state index contributed by atoms with van der Waals surface area (Å²) in [7, 11) is 1.94. The van der Waals surface area contributed by atoms with E-state index in [1.807, 2.05) is 78.5 Å². The Kier molecular flexibility index (Phi) is 8.90. The molecule has 0 amide bonds. The van der Waals surface area contributed by atoms with Crippen molar-refractivity contribution in [3.05, 3.63) is 110 Å². The molecule has 0 radical (unpaired) electrons. The molecule has 220 valence electrons. The van der Waals surface area contributed by atoms with Crippen LogP contribution in [0.3, 0.4) is 0 Å². The van der Waals surface area contributed by atoms with Crippen LogP contribution in [-0.4, -0.2) is 26.2 Å². The molecule has 0 spiro atoms. The van der Waals surface area contributed by atoms with E-state index in [0.717, 1.165) is 59.6 Å². The van der Waals surface area contributed by atoms with Crippen molar-refractivity contribution in [2.45, 2.75) is 27.7 Å². The molecule has 3 aromatic heterocycles. The number of aryl methyl sites for hydroxylation is 1. The summed E-state index contributed by atoms with van der Waals surface area (Å²) >= 11 is 0. The second-order valence-electron chi connectivity index (χ2n) is 10.4. The van der Waals surface area contributed by atoms with E-state index >= 15 is 0 Å². The van der Waals surface area contributed by atoms with Crippen LogP contribution in [0.2, 0.25) is 0 Å². The molecule has 0 fully saturated rings. The van der Waals surface area contributed by atoms with Gasteiger partial charge in [-0.15, -0.1) is 0 Å². The van der Waals surface area contributed by atoms with E-state index in [-0.39, 0.29) is 11.3 Å². The Morgan fingerprint density at radius 2 is 1.12 bits per heavy atom. The van der Waals surface area contributed by atoms with Crippen molar-refractivity contribution in [1.29, 1.82) is 0 Å². The molecule has 0 aliphatic rings. The molecule has 0 aliphatic heterocycles. The van der Waals surface area contributed by atoms with Crippen molar-refractivity contribution in [1.82, 2.24) is 0 Å². The molecule has 0 N–H and O–H groups in total. The number of hydrogen-bond donors (Lipinski definition) is 0. The van der Waals surface area contributed by atoms with Crippen LogP contribution in [0.15, 0.2) is 85.3 Å². The van der Waals surface area contributed by atoms with E-state index in [2.05, 4.69) is 49.6 Å². The number of anilines is 2. The molecule has 0 saturated carbocycles. The summed E-state index contributed by atoms with van der Waals surface area (Å²) in [5, 5.41) is 1.74. The van der Waals surface area contributed by atoms with Crippen LogP contribution < -0.4 is 25.6 Å². The minimum atomic E-state index is -0.383. The summed E-state index contributed by atoms with van der Waals surface area (Å²) in [5.41, 5.74) is 5.20. The van der Waals surface area contributed by atoms with Gasteiger partial charge in [-0.25, -0.2) is 14.2 Å². The summed E-state index contributed by atoms with van der Waals surface area (Å²) in [5.74, 6) is 0. The van der Waals surface area contributed by atoms with Crippen LogP contribution in [-0.2, 0) is 7.05 Å². The minimum absolute atomic E-state index is 0.380. The summed E-state index contributed by atoms with van der Waals surface area (Å²) < 4.78 is 13.3. The molecular weight excluding hydrogens is 538 g/mol. The van der Waals surface area contributed by atoms with Gasteiger partial charge in [-0.3, -0.25) is 0 Å². The molecule has 5 aromatic rings. The Morgan fingerprint density at radius 1 is 0.628 bits per heavy atom. The van der Waals surface area contributed by atoms with Crippen molar-refractivity contribution in [2.24, 2.45) is 7.05 Å². The smallest absolute Gasteiger partial charge is 0.343 e. The Morgan fingerprint density at radius 3 is 1.60 bits per heavy atom. The third kappa shape index (κ3) is 6.46. The van der Waals surface area contributed by atoms with E-state index in [1.165, 1.54) is 0 Å². The Labute approximate surface area is 251 Å². The van der Waals surface area contributed by atoms with Gasteiger partial charge in [0.2, 0.25) is 5.69 Å². The van der Waals surface area contributed by atoms with Crippen molar-refractivity contribution < 1.29 is 13.4 Å². The van der Waals surface area contributed by atoms with Gasteiger partial charge in [0, 0.05) is 78.7 Å². The summed E-state index contributed by atoms with van der Waals surface area (Å²) in [6.45, 7) is 11.9. The van der Waals surface area contributed by atoms with E-state index in [1.54, 1.807) is 12.2 Å². The zero-order valence-electron chi connectivity index (χ0n) is 25.5. The SMILES string of the molecule is CCN(CC)c1ccc2cc(/C=C/c3cc[n+](C)c(/C=C/c4cc5ccc(N(CC)CC)cc5oc4=O)c3)c(=O)oc2c1. The first-order chi connectivity index (χ1) is 20.8. The van der Waals surface area contributed by atoms with Gasteiger partial charge in [0.25, 0.3) is 0 Å². The number of aromatic nitrogens is 1. The highest BCUT2D eigenvalue weighted by Crippen LogP contribution is 2.24. The lowest BCUT2D eigenvalue weighted by atomic mass is 10.1. The minimum Gasteiger partial charge on any atom is -0.422 e. The first kappa shape index (κ1) is 29.6. The Balaban J connectivity index is 1.39. The number of benzene rings is 2. The zero-order valence-corrected chi connectivity index (χ0v) is 25.5. The van der Waals surface area contributed by atoms with Crippen LogP contribution in [0.1, 0.15) is 50.1 Å². The van der Waals surface area contributed by atoms with Crippen molar-refractivity contribution in [2.75, 3.05) is 36.0 Å². The maximum Gasteiger partial charge on any atom is 0.343 e. The van der Waals surface area contributed by atoms with Crippen molar-refractivity contribution in [3.8, 4) is 0 Å². The highest BCUT2D eigenvalue weighted by molar-refractivity contribution is 5.85. The standard InChI is InChI=1S/C36H38N3O4/c1-6-38(7-2)31-16-12-26-21-28(35(40)42-33(26)23-31)11-10-25-18-19-37(5)30(20-25)15-14-29-22-27-13-17-32(39(8-3)9-4)24-34(27)43-36(29)41/h10-24H,6-9H2,1-5H3/q+1. The van der Waals surface area contributed by atoms with Crippen LogP contribution in [0, 0.1) is 0 Å². The third-order valence-electron chi connectivity index (χ3n) is 7.85. The largest absolute Gasteiger partial charge is 0.422 e. The molecule has 0 saturated heterocycles. The van der Waals surface area contributed by atoms with Crippen LogP contribution in [0.5, 0.6) is 0 Å². The molecule has 0 atom stereocenters. The average Bonchev–Trinajstić information content (AvgIpc) is 3.01. The quantitative estimate of drug-likeness (QED) is 0.135. The second kappa shape index (κ2) is 12.9. The van der Waals surface area contributed by atoms with Gasteiger partial charge in [-0.1, -0.05) is 6.08 Å². The zero-order chi connectivity index (χ0) is 30.5. The lowest BCUT2D eigenvalue weighted by molar-refractivity contribution is -0.673. The number of pyridine rings is 1. The average molecular weight is 577 g/mol. The molecule has 43 heavy (non-hydrogen) atoms. The summed E-state index contributed by atoms with van der Waals surface area (Å²) in [6, 6.07) is 19.6. The van der Waals surface area contributed by atoms with E-state index < -0.39 is 0 Å². The van der Waals surface area contributed by atoms with Crippen LogP contribution in [0.25, 0.3) is 46.2 Å². The first-order valence-corrected chi connectivity index (χ1v) is 14.8. The fourth-order valence-corrected chi connectivity index (χ4v) is 5.27. The number of hydrogen-bond acceptors (Lipinski definition) is 6. The fraction of sp³-hybridized carbons (Fsp3) is 0.250. The maximum atomic E-state index is 12.8. The monoisotopic (exact) mass is 576 g/mol. The van der Waals surface area contributed by atoms with Crippen molar-refractivity contribution >= 4 is 57.6 Å². The number of fused-ring (bicyclic) bond motifs is 2. The van der Waals surface area contributed by atoms with Gasteiger partial charge in [0.15, 0.2) is 6.20 Å². The second-order valence-corrected chi connectivity index (χ2v) is 10.4. The number of rotatable bonds is 10. The molecule has 0 bridgehead atoms. The molecule has 7 heteroatoms. The molecule has 0 unspecified atom stereocenters. The molecule has 7 nitrogen and oxygen atoms in total. The Bertz CT molecular complexity index is 1940. The van der Waals surface area contributed by atoms with Gasteiger partial charge in [-0.05, 0) is 81.8 Å². The molecular formula is C36H38N3O4+. The van der Waals surface area contributed by atoms with Gasteiger partial charge in [0.1, 0.15) is 18.2 Å². The summed E-state index contributed by atoms with van der Waals surface area (Å²) in [4.78, 5) is 30.0. The van der Waals surface area contributed by atoms with E-state index in [0.29, 0.717) is 22.3 Å². The highest BCUT2D eigenvalue weighted by atomic mass is 16.4. The molecule has 5 rings (SSSR count). The lowest BCUT2D eigenvalue weighted by Crippen LogP contribution is -2.31. The lowest BCUT2D eigenvalue weighted by Gasteiger charge is -2.20. The van der Waals surface area contributed by atoms with E-state index in [4.69, 9.17) is 8.83 Å². The van der Waals surface area contributed by atoms with Crippen molar-refractivity contribution in [3.63, 3.8) is 0 Å². The number of nitrogens with zero attached hydrogens (tertiary/aromatic N) is 3. The molecule has 0 aliphatic carbocycles. The van der Waals surface area contributed by atoms with Gasteiger partial charge >= 0.3 is 11.3 Å². The predicted octanol–water partition coefficient (Wildman–Crippen LogP) is 6.76. The topological polar surface area (TPSA) is 70.8 Å². The van der Waals surface area contributed by atoms with Gasteiger partial charge < -0.3 is 18.6 Å². The first-order valence-electron chi connectivity index (χ1n) is 14.8. The van der Waals surface area contributed by atoms with Crippen LogP contribution in [0.4, 0.5) is 11.4 Å². The molecule has 2 aromatic carbocycles. The highest BCUT2D eigenvalue weighted by Gasteiger charge is 2.10.